The molecule has 2 rings (SSSR count). The zero-order valence-electron chi connectivity index (χ0n) is 5.58. The van der Waals surface area contributed by atoms with Crippen molar-refractivity contribution < 1.29 is 4.74 Å². The van der Waals surface area contributed by atoms with Crippen molar-refractivity contribution in [3.8, 4) is 5.88 Å². The lowest BCUT2D eigenvalue weighted by molar-refractivity contribution is 0.275. The molecular weight excluding hydrogens is 128 g/mol. The van der Waals surface area contributed by atoms with Crippen LogP contribution in [0.3, 0.4) is 0 Å². The molecule has 3 heteroatoms. The second-order valence-electron chi connectivity index (χ2n) is 2.31. The fourth-order valence-electron chi connectivity index (χ4n) is 1.08. The van der Waals surface area contributed by atoms with Gasteiger partial charge in [-0.3, -0.25) is 0 Å². The van der Waals surface area contributed by atoms with Gasteiger partial charge in [-0.15, -0.1) is 0 Å². The predicted octanol–water partition coefficient (Wildman–Crippen LogP) is 0.802. The zero-order valence-corrected chi connectivity index (χ0v) is 5.58. The van der Waals surface area contributed by atoms with Crippen LogP contribution in [0.5, 0.6) is 5.88 Å². The summed E-state index contributed by atoms with van der Waals surface area (Å²) in [6, 6.07) is 0. The molecule has 0 bridgehead atoms. The van der Waals surface area contributed by atoms with Gasteiger partial charge in [0.05, 0.1) is 6.61 Å². The van der Waals surface area contributed by atoms with Crippen molar-refractivity contribution in [3.05, 3.63) is 18.1 Å². The lowest BCUT2D eigenvalue weighted by atomic mass is 10.1. The van der Waals surface area contributed by atoms with E-state index >= 15 is 0 Å². The van der Waals surface area contributed by atoms with Gasteiger partial charge in [-0.05, 0) is 12.8 Å². The van der Waals surface area contributed by atoms with Crippen molar-refractivity contribution in [2.24, 2.45) is 0 Å². The highest BCUT2D eigenvalue weighted by atomic mass is 16.5. The van der Waals surface area contributed by atoms with E-state index in [0.717, 1.165) is 30.9 Å². The normalized spacial score (nSPS) is 15.6. The van der Waals surface area contributed by atoms with Crippen LogP contribution >= 0.6 is 0 Å². The van der Waals surface area contributed by atoms with Gasteiger partial charge >= 0.3 is 0 Å². The number of fused-ring (bicyclic) bond motifs is 1. The Bertz CT molecular complexity index is 212. The van der Waals surface area contributed by atoms with E-state index in [9.17, 15) is 0 Å². The maximum atomic E-state index is 5.27. The molecule has 0 N–H and O–H groups in total. The van der Waals surface area contributed by atoms with Gasteiger partial charge in [-0.1, -0.05) is 0 Å². The third-order valence-corrected chi connectivity index (χ3v) is 1.58. The number of hydrogen-bond acceptors (Lipinski definition) is 3. The maximum absolute atomic E-state index is 5.27. The summed E-state index contributed by atoms with van der Waals surface area (Å²) in [4.78, 5) is 7.89. The van der Waals surface area contributed by atoms with E-state index < -0.39 is 0 Å². The quantitative estimate of drug-likeness (QED) is 0.529. The number of ether oxygens (including phenoxy) is 1. The highest BCUT2D eigenvalue weighted by molar-refractivity contribution is 5.23. The van der Waals surface area contributed by atoms with E-state index in [2.05, 4.69) is 9.97 Å². The molecule has 1 aromatic heterocycles. The van der Waals surface area contributed by atoms with Crippen molar-refractivity contribution >= 4 is 0 Å². The van der Waals surface area contributed by atoms with Crippen molar-refractivity contribution in [3.63, 3.8) is 0 Å². The highest BCUT2D eigenvalue weighted by Gasteiger charge is 2.09. The Morgan fingerprint density at radius 2 is 2.50 bits per heavy atom. The van der Waals surface area contributed by atoms with E-state index in [1.165, 1.54) is 6.33 Å². The van der Waals surface area contributed by atoms with Gasteiger partial charge in [0.1, 0.15) is 6.33 Å². The second-order valence-corrected chi connectivity index (χ2v) is 2.31. The Morgan fingerprint density at radius 3 is 3.40 bits per heavy atom. The van der Waals surface area contributed by atoms with E-state index in [-0.39, 0.29) is 0 Å². The SMILES string of the molecule is c1ncc2c(n1)OCCC2. The molecule has 0 amide bonds. The summed E-state index contributed by atoms with van der Waals surface area (Å²) >= 11 is 0. The lowest BCUT2D eigenvalue weighted by Crippen LogP contribution is -2.09. The average molecular weight is 136 g/mol. The molecule has 0 aliphatic carbocycles. The van der Waals surface area contributed by atoms with Crippen molar-refractivity contribution in [1.29, 1.82) is 0 Å². The van der Waals surface area contributed by atoms with Crippen LogP contribution in [0.25, 0.3) is 0 Å². The summed E-state index contributed by atoms with van der Waals surface area (Å²) < 4.78 is 5.27. The number of rotatable bonds is 0. The van der Waals surface area contributed by atoms with E-state index in [1.807, 2.05) is 6.20 Å². The summed E-state index contributed by atoms with van der Waals surface area (Å²) in [6.45, 7) is 0.796. The molecule has 3 nitrogen and oxygen atoms in total. The van der Waals surface area contributed by atoms with Gasteiger partial charge in [-0.2, -0.15) is 0 Å². The molecule has 10 heavy (non-hydrogen) atoms. The maximum Gasteiger partial charge on any atom is 0.219 e. The van der Waals surface area contributed by atoms with E-state index in [1.54, 1.807) is 0 Å². The molecule has 2 heterocycles. The minimum Gasteiger partial charge on any atom is -0.477 e. The Balaban J connectivity index is 2.41. The van der Waals surface area contributed by atoms with Crippen molar-refractivity contribution in [2.75, 3.05) is 6.61 Å². The second kappa shape index (κ2) is 2.25. The Hall–Kier alpha value is -1.12. The van der Waals surface area contributed by atoms with Gasteiger partial charge in [-0.25, -0.2) is 9.97 Å². The molecule has 0 aromatic carbocycles. The molecule has 0 radical (unpaired) electrons. The summed E-state index contributed by atoms with van der Waals surface area (Å²) in [5.41, 5.74) is 1.13. The molecular formula is C7H8N2O. The van der Waals surface area contributed by atoms with Gasteiger partial charge in [0.25, 0.3) is 0 Å². The average Bonchev–Trinajstić information content (AvgIpc) is 2.05. The van der Waals surface area contributed by atoms with Crippen LogP contribution in [0, 0.1) is 0 Å². The minimum absolute atomic E-state index is 0.765. The van der Waals surface area contributed by atoms with Crippen LogP contribution in [-0.4, -0.2) is 16.6 Å². The Kier molecular flexibility index (Phi) is 1.27. The monoisotopic (exact) mass is 136 g/mol. The van der Waals surface area contributed by atoms with Crippen LogP contribution in [0.15, 0.2) is 12.5 Å². The first-order valence-electron chi connectivity index (χ1n) is 3.38. The molecule has 0 saturated heterocycles. The first-order valence-corrected chi connectivity index (χ1v) is 3.38. The van der Waals surface area contributed by atoms with Crippen LogP contribution in [-0.2, 0) is 6.42 Å². The number of nitrogens with zero attached hydrogens (tertiary/aromatic N) is 2. The summed E-state index contributed by atoms with van der Waals surface area (Å²) in [5, 5.41) is 0. The number of hydrogen-bond donors (Lipinski definition) is 0. The smallest absolute Gasteiger partial charge is 0.219 e. The number of aryl methyl sites for hydroxylation is 1. The van der Waals surface area contributed by atoms with Crippen molar-refractivity contribution in [1.82, 2.24) is 9.97 Å². The van der Waals surface area contributed by atoms with Gasteiger partial charge in [0, 0.05) is 11.8 Å². The van der Waals surface area contributed by atoms with Crippen LogP contribution in [0.2, 0.25) is 0 Å². The molecule has 52 valence electrons. The summed E-state index contributed by atoms with van der Waals surface area (Å²) in [7, 11) is 0. The molecule has 0 spiro atoms. The van der Waals surface area contributed by atoms with Gasteiger partial charge < -0.3 is 4.74 Å². The predicted molar refractivity (Wildman–Crippen MR) is 35.8 cm³/mol. The topological polar surface area (TPSA) is 35.0 Å². The van der Waals surface area contributed by atoms with E-state index in [0.29, 0.717) is 0 Å². The summed E-state index contributed by atoms with van der Waals surface area (Å²) in [5.74, 6) is 0.765. The Labute approximate surface area is 59.1 Å². The third-order valence-electron chi connectivity index (χ3n) is 1.58. The molecule has 0 saturated carbocycles. The van der Waals surface area contributed by atoms with Gasteiger partial charge in [0.2, 0.25) is 5.88 Å². The fraction of sp³-hybridized carbons (Fsp3) is 0.429. The minimum atomic E-state index is 0.765. The molecule has 1 aliphatic rings. The van der Waals surface area contributed by atoms with Crippen LogP contribution in [0.1, 0.15) is 12.0 Å². The van der Waals surface area contributed by atoms with Gasteiger partial charge in [0.15, 0.2) is 0 Å². The molecule has 0 atom stereocenters. The first kappa shape index (κ1) is 5.65. The third kappa shape index (κ3) is 0.835. The molecule has 1 aliphatic heterocycles. The van der Waals surface area contributed by atoms with Crippen LogP contribution < -0.4 is 4.74 Å². The summed E-state index contributed by atoms with van der Waals surface area (Å²) in [6.07, 6.45) is 5.47. The first-order chi connectivity index (χ1) is 4.97. The standard InChI is InChI=1S/C7H8N2O/c1-2-6-4-8-5-9-7(6)10-3-1/h4-5H,1-3H2. The lowest BCUT2D eigenvalue weighted by Gasteiger charge is -2.13. The molecule has 1 aromatic rings. The Morgan fingerprint density at radius 1 is 1.50 bits per heavy atom. The molecule has 0 unspecified atom stereocenters. The van der Waals surface area contributed by atoms with Crippen LogP contribution in [0.4, 0.5) is 0 Å². The largest absolute Gasteiger partial charge is 0.477 e. The molecule has 0 fully saturated rings. The number of aromatic nitrogens is 2. The highest BCUT2D eigenvalue weighted by Crippen LogP contribution is 2.18. The van der Waals surface area contributed by atoms with Crippen molar-refractivity contribution in [2.45, 2.75) is 12.8 Å². The zero-order chi connectivity index (χ0) is 6.81. The fourth-order valence-corrected chi connectivity index (χ4v) is 1.08. The van der Waals surface area contributed by atoms with E-state index in [4.69, 9.17) is 4.74 Å².